The number of hydrogen-bond acceptors (Lipinski definition) is 3. The molecule has 1 aromatic rings. The molecule has 0 aromatic carbocycles. The molecule has 1 atom stereocenters. The standard InChI is InChI=1S/C13H19ClN2OS/c1-9(11-6-7-12(14)18-11)15-8-13(17)16-10-4-2-3-5-10/h6-7,9-10,15H,2-5,8H2,1H3,(H,16,17). The van der Waals surface area contributed by atoms with Gasteiger partial charge in [-0.2, -0.15) is 0 Å². The van der Waals surface area contributed by atoms with Crippen LogP contribution in [0.1, 0.15) is 43.5 Å². The Morgan fingerprint density at radius 3 is 2.83 bits per heavy atom. The summed E-state index contributed by atoms with van der Waals surface area (Å²) in [6.07, 6.45) is 4.73. The topological polar surface area (TPSA) is 41.1 Å². The number of carbonyl (C=O) groups is 1. The van der Waals surface area contributed by atoms with Gasteiger partial charge >= 0.3 is 0 Å². The second-order valence-corrected chi connectivity index (χ2v) is 6.54. The van der Waals surface area contributed by atoms with Gasteiger partial charge in [0, 0.05) is 17.0 Å². The first-order chi connectivity index (χ1) is 8.65. The van der Waals surface area contributed by atoms with E-state index in [0.29, 0.717) is 12.6 Å². The molecule has 1 aliphatic rings. The van der Waals surface area contributed by atoms with Crippen LogP contribution in [0.5, 0.6) is 0 Å². The summed E-state index contributed by atoms with van der Waals surface area (Å²) in [5.74, 6) is 0.0939. The fraction of sp³-hybridized carbons (Fsp3) is 0.615. The molecule has 18 heavy (non-hydrogen) atoms. The Balaban J connectivity index is 1.71. The molecule has 1 aliphatic carbocycles. The zero-order valence-corrected chi connectivity index (χ0v) is 12.1. The third kappa shape index (κ3) is 3.97. The zero-order chi connectivity index (χ0) is 13.0. The summed E-state index contributed by atoms with van der Waals surface area (Å²) in [7, 11) is 0. The number of nitrogens with one attached hydrogen (secondary N) is 2. The van der Waals surface area contributed by atoms with E-state index in [4.69, 9.17) is 11.6 Å². The molecule has 0 bridgehead atoms. The molecule has 1 heterocycles. The summed E-state index contributed by atoms with van der Waals surface area (Å²) < 4.78 is 0.786. The van der Waals surface area contributed by atoms with Gasteiger partial charge in [-0.3, -0.25) is 4.79 Å². The van der Waals surface area contributed by atoms with Gasteiger partial charge in [-0.25, -0.2) is 0 Å². The molecule has 2 N–H and O–H groups in total. The molecule has 0 radical (unpaired) electrons. The highest BCUT2D eigenvalue weighted by Crippen LogP contribution is 2.26. The van der Waals surface area contributed by atoms with Crippen molar-refractivity contribution in [1.82, 2.24) is 10.6 Å². The van der Waals surface area contributed by atoms with Crippen molar-refractivity contribution >= 4 is 28.8 Å². The first-order valence-electron chi connectivity index (χ1n) is 6.43. The van der Waals surface area contributed by atoms with Gasteiger partial charge < -0.3 is 10.6 Å². The molecule has 100 valence electrons. The Labute approximate surface area is 117 Å². The van der Waals surface area contributed by atoms with E-state index in [1.165, 1.54) is 12.8 Å². The normalized spacial score (nSPS) is 17.9. The lowest BCUT2D eigenvalue weighted by Gasteiger charge is -2.15. The van der Waals surface area contributed by atoms with Gasteiger partial charge in [-0.05, 0) is 31.9 Å². The molecular formula is C13H19ClN2OS. The van der Waals surface area contributed by atoms with Gasteiger partial charge in [0.15, 0.2) is 0 Å². The van der Waals surface area contributed by atoms with Gasteiger partial charge in [-0.15, -0.1) is 11.3 Å². The van der Waals surface area contributed by atoms with Crippen molar-refractivity contribution in [3.63, 3.8) is 0 Å². The third-order valence-corrected chi connectivity index (χ3v) is 4.72. The molecule has 0 saturated heterocycles. The summed E-state index contributed by atoms with van der Waals surface area (Å²) in [5, 5.41) is 6.29. The zero-order valence-electron chi connectivity index (χ0n) is 10.5. The molecule has 0 aliphatic heterocycles. The largest absolute Gasteiger partial charge is 0.352 e. The van der Waals surface area contributed by atoms with Crippen LogP contribution in [-0.4, -0.2) is 18.5 Å². The Kier molecular flexibility index (Phi) is 5.03. The Morgan fingerprint density at radius 2 is 2.22 bits per heavy atom. The predicted molar refractivity (Wildman–Crippen MR) is 76.1 cm³/mol. The molecule has 2 rings (SSSR count). The molecule has 1 fully saturated rings. The van der Waals surface area contributed by atoms with Crippen LogP contribution >= 0.6 is 22.9 Å². The van der Waals surface area contributed by atoms with Gasteiger partial charge in [0.2, 0.25) is 5.91 Å². The maximum absolute atomic E-state index is 11.7. The molecule has 1 saturated carbocycles. The average molecular weight is 287 g/mol. The van der Waals surface area contributed by atoms with Crippen LogP contribution in [-0.2, 0) is 4.79 Å². The van der Waals surface area contributed by atoms with E-state index in [9.17, 15) is 4.79 Å². The number of rotatable bonds is 5. The maximum Gasteiger partial charge on any atom is 0.234 e. The van der Waals surface area contributed by atoms with Crippen molar-refractivity contribution < 1.29 is 4.79 Å². The number of halogens is 1. The van der Waals surface area contributed by atoms with E-state index in [0.717, 1.165) is 22.1 Å². The lowest BCUT2D eigenvalue weighted by atomic mass is 10.2. The molecule has 0 spiro atoms. The van der Waals surface area contributed by atoms with E-state index >= 15 is 0 Å². The van der Waals surface area contributed by atoms with Gasteiger partial charge in [-0.1, -0.05) is 24.4 Å². The quantitative estimate of drug-likeness (QED) is 0.873. The number of carbonyl (C=O) groups excluding carboxylic acids is 1. The van der Waals surface area contributed by atoms with Crippen molar-refractivity contribution in [1.29, 1.82) is 0 Å². The van der Waals surface area contributed by atoms with Crippen LogP contribution in [0.15, 0.2) is 12.1 Å². The van der Waals surface area contributed by atoms with E-state index in [-0.39, 0.29) is 11.9 Å². The van der Waals surface area contributed by atoms with Crippen LogP contribution in [0.25, 0.3) is 0 Å². The molecular weight excluding hydrogens is 268 g/mol. The average Bonchev–Trinajstić information content (AvgIpc) is 2.97. The fourth-order valence-corrected chi connectivity index (χ4v) is 3.34. The molecule has 1 amide bonds. The van der Waals surface area contributed by atoms with Crippen molar-refractivity contribution in [3.8, 4) is 0 Å². The van der Waals surface area contributed by atoms with Crippen molar-refractivity contribution in [3.05, 3.63) is 21.3 Å². The van der Waals surface area contributed by atoms with Crippen LogP contribution in [0.4, 0.5) is 0 Å². The second-order valence-electron chi connectivity index (χ2n) is 4.79. The number of amides is 1. The minimum atomic E-state index is 0.0939. The maximum atomic E-state index is 11.7. The summed E-state index contributed by atoms with van der Waals surface area (Å²) in [6.45, 7) is 2.41. The fourth-order valence-electron chi connectivity index (χ4n) is 2.26. The highest BCUT2D eigenvalue weighted by atomic mass is 35.5. The number of thiophene rings is 1. The van der Waals surface area contributed by atoms with Crippen LogP contribution in [0, 0.1) is 0 Å². The van der Waals surface area contributed by atoms with E-state index in [2.05, 4.69) is 10.6 Å². The van der Waals surface area contributed by atoms with Gasteiger partial charge in [0.1, 0.15) is 0 Å². The summed E-state index contributed by atoms with van der Waals surface area (Å²) in [6, 6.07) is 4.44. The van der Waals surface area contributed by atoms with Crippen LogP contribution in [0.3, 0.4) is 0 Å². The summed E-state index contributed by atoms with van der Waals surface area (Å²) in [5.41, 5.74) is 0. The van der Waals surface area contributed by atoms with Gasteiger partial charge in [0.05, 0.1) is 10.9 Å². The molecule has 5 heteroatoms. The first-order valence-corrected chi connectivity index (χ1v) is 7.62. The van der Waals surface area contributed by atoms with Crippen LogP contribution in [0.2, 0.25) is 4.34 Å². The minimum Gasteiger partial charge on any atom is -0.352 e. The Hall–Kier alpha value is -0.580. The SMILES string of the molecule is CC(NCC(=O)NC1CCCC1)c1ccc(Cl)s1. The second kappa shape index (κ2) is 6.55. The van der Waals surface area contributed by atoms with E-state index in [1.54, 1.807) is 11.3 Å². The molecule has 1 unspecified atom stereocenters. The Morgan fingerprint density at radius 1 is 1.50 bits per heavy atom. The monoisotopic (exact) mass is 286 g/mol. The number of hydrogen-bond donors (Lipinski definition) is 2. The highest BCUT2D eigenvalue weighted by Gasteiger charge is 2.17. The highest BCUT2D eigenvalue weighted by molar-refractivity contribution is 7.16. The first kappa shape index (κ1) is 13.8. The lowest BCUT2D eigenvalue weighted by Crippen LogP contribution is -2.39. The Bertz CT molecular complexity index is 401. The lowest BCUT2D eigenvalue weighted by molar-refractivity contribution is -0.121. The van der Waals surface area contributed by atoms with E-state index < -0.39 is 0 Å². The van der Waals surface area contributed by atoms with Crippen molar-refractivity contribution in [2.75, 3.05) is 6.54 Å². The van der Waals surface area contributed by atoms with Crippen LogP contribution < -0.4 is 10.6 Å². The van der Waals surface area contributed by atoms with Gasteiger partial charge in [0.25, 0.3) is 0 Å². The smallest absolute Gasteiger partial charge is 0.234 e. The minimum absolute atomic E-state index is 0.0939. The van der Waals surface area contributed by atoms with Crippen molar-refractivity contribution in [2.24, 2.45) is 0 Å². The van der Waals surface area contributed by atoms with Crippen molar-refractivity contribution in [2.45, 2.75) is 44.7 Å². The molecule has 3 nitrogen and oxygen atoms in total. The predicted octanol–water partition coefficient (Wildman–Crippen LogP) is 3.11. The van der Waals surface area contributed by atoms with E-state index in [1.807, 2.05) is 19.1 Å². The summed E-state index contributed by atoms with van der Waals surface area (Å²) in [4.78, 5) is 12.9. The molecule has 1 aromatic heterocycles. The third-order valence-electron chi connectivity index (χ3n) is 3.31. The summed E-state index contributed by atoms with van der Waals surface area (Å²) >= 11 is 7.44.